The molecule has 0 saturated heterocycles. The molecule has 0 aliphatic rings. The van der Waals surface area contributed by atoms with Crippen LogP contribution in [0.5, 0.6) is 0 Å². The fourth-order valence-corrected chi connectivity index (χ4v) is 7.31. The minimum absolute atomic E-state index is 0.0823. The van der Waals surface area contributed by atoms with Gasteiger partial charge in [-0.1, -0.05) is 216 Å². The summed E-state index contributed by atoms with van der Waals surface area (Å²) in [5, 5.41) is 0. The molecule has 0 amide bonds. The number of ether oxygens (including phenoxy) is 3. The average molecular weight is 867 g/mol. The first-order valence-electron chi connectivity index (χ1n) is 26.3. The van der Waals surface area contributed by atoms with E-state index < -0.39 is 6.10 Å². The number of carbonyl (C=O) groups excluding carboxylic acids is 3. The van der Waals surface area contributed by atoms with Crippen LogP contribution in [-0.4, -0.2) is 37.2 Å². The van der Waals surface area contributed by atoms with E-state index in [0.717, 1.165) is 109 Å². The van der Waals surface area contributed by atoms with Crippen LogP contribution in [0, 0.1) is 0 Å². The number of allylic oxidation sites excluding steroid dienone is 10. The minimum Gasteiger partial charge on any atom is -0.462 e. The van der Waals surface area contributed by atoms with E-state index in [0.29, 0.717) is 19.3 Å². The van der Waals surface area contributed by atoms with Crippen molar-refractivity contribution in [1.82, 2.24) is 0 Å². The maximum atomic E-state index is 12.8. The first-order chi connectivity index (χ1) is 30.5. The van der Waals surface area contributed by atoms with Crippen molar-refractivity contribution in [3.8, 4) is 0 Å². The van der Waals surface area contributed by atoms with Gasteiger partial charge in [0.2, 0.25) is 0 Å². The van der Waals surface area contributed by atoms with Crippen LogP contribution in [0.1, 0.15) is 258 Å². The molecular weight excluding hydrogens is 769 g/mol. The number of esters is 3. The van der Waals surface area contributed by atoms with Gasteiger partial charge < -0.3 is 14.2 Å². The second kappa shape index (κ2) is 50.8. The average Bonchev–Trinajstić information content (AvgIpc) is 3.27. The summed E-state index contributed by atoms with van der Waals surface area (Å²) < 4.78 is 16.8. The van der Waals surface area contributed by atoms with Crippen molar-refractivity contribution in [2.24, 2.45) is 0 Å². The van der Waals surface area contributed by atoms with Gasteiger partial charge in [0.05, 0.1) is 0 Å². The SMILES string of the molecule is CC/C=C\C/C=C\C/C=C\CCCCCCCC(=O)OC[C@H](COC(=O)CCCCCCCCC/C=C\C/C=C\CCCCC)OC(=O)CCCCCCCCCCCCCC. The second-order valence-corrected chi connectivity index (χ2v) is 17.4. The van der Waals surface area contributed by atoms with E-state index in [2.05, 4.69) is 81.5 Å². The van der Waals surface area contributed by atoms with Crippen molar-refractivity contribution in [2.75, 3.05) is 13.2 Å². The molecule has 0 bridgehead atoms. The molecule has 0 aliphatic carbocycles. The van der Waals surface area contributed by atoms with Gasteiger partial charge in [-0.2, -0.15) is 0 Å². The molecule has 0 aromatic carbocycles. The third-order valence-corrected chi connectivity index (χ3v) is 11.3. The molecule has 358 valence electrons. The van der Waals surface area contributed by atoms with Crippen molar-refractivity contribution >= 4 is 17.9 Å². The van der Waals surface area contributed by atoms with Crippen LogP contribution in [0.3, 0.4) is 0 Å². The summed E-state index contributed by atoms with van der Waals surface area (Å²) >= 11 is 0. The largest absolute Gasteiger partial charge is 0.462 e. The van der Waals surface area contributed by atoms with Gasteiger partial charge in [-0.3, -0.25) is 14.4 Å². The Hall–Kier alpha value is -2.89. The predicted molar refractivity (Wildman–Crippen MR) is 265 cm³/mol. The van der Waals surface area contributed by atoms with Crippen LogP contribution in [0.15, 0.2) is 60.8 Å². The lowest BCUT2D eigenvalue weighted by Crippen LogP contribution is -2.30. The molecule has 0 rings (SSSR count). The number of hydrogen-bond acceptors (Lipinski definition) is 6. The first kappa shape index (κ1) is 59.1. The molecule has 0 radical (unpaired) electrons. The third-order valence-electron chi connectivity index (χ3n) is 11.3. The van der Waals surface area contributed by atoms with Gasteiger partial charge in [-0.05, 0) is 83.5 Å². The van der Waals surface area contributed by atoms with E-state index in [9.17, 15) is 14.4 Å². The molecule has 0 heterocycles. The maximum Gasteiger partial charge on any atom is 0.306 e. The van der Waals surface area contributed by atoms with E-state index in [1.54, 1.807) is 0 Å². The highest BCUT2D eigenvalue weighted by Gasteiger charge is 2.19. The Morgan fingerprint density at radius 2 is 0.629 bits per heavy atom. The zero-order valence-electron chi connectivity index (χ0n) is 40.9. The molecule has 0 aliphatic heterocycles. The molecule has 6 heteroatoms. The van der Waals surface area contributed by atoms with Crippen molar-refractivity contribution in [3.63, 3.8) is 0 Å². The molecule has 0 aromatic rings. The van der Waals surface area contributed by atoms with Crippen LogP contribution in [0.25, 0.3) is 0 Å². The normalized spacial score (nSPS) is 12.5. The summed E-state index contributed by atoms with van der Waals surface area (Å²) in [5.41, 5.74) is 0. The van der Waals surface area contributed by atoms with Gasteiger partial charge in [0.25, 0.3) is 0 Å². The summed E-state index contributed by atoms with van der Waals surface area (Å²) in [6, 6.07) is 0. The highest BCUT2D eigenvalue weighted by Crippen LogP contribution is 2.15. The van der Waals surface area contributed by atoms with E-state index in [1.807, 2.05) is 0 Å². The Bertz CT molecular complexity index is 1130. The van der Waals surface area contributed by atoms with Crippen LogP contribution < -0.4 is 0 Å². The second-order valence-electron chi connectivity index (χ2n) is 17.4. The standard InChI is InChI=1S/C56H98O6/c1-4-7-10-13-16-19-22-25-27-28-30-32-35-37-40-43-46-49-55(58)61-52-53(62-56(59)50-47-44-41-38-33-24-21-18-15-12-9-6-3)51-60-54(57)48-45-42-39-36-34-31-29-26-23-20-17-14-11-8-5-2/h8,11,16-17,19-20,25-27,29,53H,4-7,9-10,12-15,18,21-24,28,30-52H2,1-3H3/b11-8-,19-16-,20-17-,27-25-,29-26-/t53-/m1/s1. The molecule has 0 N–H and O–H groups in total. The molecule has 0 aromatic heterocycles. The Balaban J connectivity index is 4.38. The topological polar surface area (TPSA) is 78.9 Å². The molecular formula is C56H98O6. The van der Waals surface area contributed by atoms with E-state index in [4.69, 9.17) is 14.2 Å². The summed E-state index contributed by atoms with van der Waals surface area (Å²) in [6.45, 7) is 6.49. The van der Waals surface area contributed by atoms with Gasteiger partial charge in [0, 0.05) is 19.3 Å². The molecule has 0 saturated carbocycles. The maximum absolute atomic E-state index is 12.8. The number of rotatable bonds is 47. The molecule has 0 fully saturated rings. The van der Waals surface area contributed by atoms with Crippen LogP contribution >= 0.6 is 0 Å². The van der Waals surface area contributed by atoms with Crippen LogP contribution in [0.4, 0.5) is 0 Å². The minimum atomic E-state index is -0.781. The Kier molecular flexibility index (Phi) is 48.4. The molecule has 0 unspecified atom stereocenters. The van der Waals surface area contributed by atoms with Crippen LogP contribution in [0.2, 0.25) is 0 Å². The zero-order chi connectivity index (χ0) is 45.1. The lowest BCUT2D eigenvalue weighted by molar-refractivity contribution is -0.167. The molecule has 6 nitrogen and oxygen atoms in total. The molecule has 0 spiro atoms. The van der Waals surface area contributed by atoms with E-state index in [-0.39, 0.29) is 31.1 Å². The lowest BCUT2D eigenvalue weighted by atomic mass is 10.0. The van der Waals surface area contributed by atoms with Crippen molar-refractivity contribution in [3.05, 3.63) is 60.8 Å². The van der Waals surface area contributed by atoms with Gasteiger partial charge in [-0.25, -0.2) is 0 Å². The molecule has 62 heavy (non-hydrogen) atoms. The fraction of sp³-hybridized carbons (Fsp3) is 0.768. The molecule has 1 atom stereocenters. The van der Waals surface area contributed by atoms with Crippen LogP contribution in [-0.2, 0) is 28.6 Å². The number of hydrogen-bond donors (Lipinski definition) is 0. The Morgan fingerprint density at radius 3 is 1.02 bits per heavy atom. The number of unbranched alkanes of at least 4 members (excludes halogenated alkanes) is 26. The smallest absolute Gasteiger partial charge is 0.306 e. The van der Waals surface area contributed by atoms with Gasteiger partial charge in [0.15, 0.2) is 6.10 Å². The highest BCUT2D eigenvalue weighted by molar-refractivity contribution is 5.71. The summed E-state index contributed by atoms with van der Waals surface area (Å²) in [5.74, 6) is -0.901. The van der Waals surface area contributed by atoms with Gasteiger partial charge in [-0.15, -0.1) is 0 Å². The Morgan fingerprint density at radius 1 is 0.339 bits per heavy atom. The van der Waals surface area contributed by atoms with E-state index in [1.165, 1.54) is 109 Å². The quantitative estimate of drug-likeness (QED) is 0.0262. The van der Waals surface area contributed by atoms with Crippen molar-refractivity contribution in [2.45, 2.75) is 264 Å². The Labute approximate surface area is 383 Å². The van der Waals surface area contributed by atoms with Crippen molar-refractivity contribution in [1.29, 1.82) is 0 Å². The predicted octanol–water partition coefficient (Wildman–Crippen LogP) is 17.3. The first-order valence-corrected chi connectivity index (χ1v) is 26.3. The summed E-state index contributed by atoms with van der Waals surface area (Å²) in [6.07, 6.45) is 62.0. The number of carbonyl (C=O) groups is 3. The highest BCUT2D eigenvalue weighted by atomic mass is 16.6. The third kappa shape index (κ3) is 48.1. The van der Waals surface area contributed by atoms with Gasteiger partial charge >= 0.3 is 17.9 Å². The summed E-state index contributed by atoms with van der Waals surface area (Å²) in [7, 11) is 0. The van der Waals surface area contributed by atoms with Crippen molar-refractivity contribution < 1.29 is 28.6 Å². The monoisotopic (exact) mass is 867 g/mol. The zero-order valence-corrected chi connectivity index (χ0v) is 40.9. The summed E-state index contributed by atoms with van der Waals surface area (Å²) in [4.78, 5) is 38.0. The fourth-order valence-electron chi connectivity index (χ4n) is 7.31. The van der Waals surface area contributed by atoms with E-state index >= 15 is 0 Å². The lowest BCUT2D eigenvalue weighted by Gasteiger charge is -2.18. The van der Waals surface area contributed by atoms with Gasteiger partial charge in [0.1, 0.15) is 13.2 Å².